The van der Waals surface area contributed by atoms with Crippen molar-refractivity contribution in [3.8, 4) is 11.5 Å². The summed E-state index contributed by atoms with van der Waals surface area (Å²) in [5, 5.41) is 3.67. The van der Waals surface area contributed by atoms with Crippen LogP contribution in [0.1, 0.15) is 30.4 Å². The molecule has 4 aliphatic rings. The van der Waals surface area contributed by atoms with Gasteiger partial charge in [0.2, 0.25) is 0 Å². The van der Waals surface area contributed by atoms with Gasteiger partial charge in [-0.2, -0.15) is 0 Å². The van der Waals surface area contributed by atoms with Crippen molar-refractivity contribution in [2.24, 2.45) is 5.92 Å². The summed E-state index contributed by atoms with van der Waals surface area (Å²) >= 11 is 0. The second kappa shape index (κ2) is 3.80. The average molecular weight is 285 g/mol. The molecule has 110 valence electrons. The standard InChI is InChI=1S/C17H19NO3/c1-20-13-5-2-9-8-11-10-3-4-12(19)16-17(10,6-7-18-11)14(9)15(13)21-16/h2,5,10-11,16,18H,3-4,6-8H2,1H3/t10?,11?,16-,17-/m0/s1. The predicted octanol–water partition coefficient (Wildman–Crippen LogP) is 1.59. The highest BCUT2D eigenvalue weighted by atomic mass is 16.5. The zero-order valence-corrected chi connectivity index (χ0v) is 12.1. The number of nitrogens with one attached hydrogen (secondary N) is 1. The van der Waals surface area contributed by atoms with Gasteiger partial charge >= 0.3 is 0 Å². The molecule has 0 aromatic heterocycles. The number of ketones is 1. The Bertz CT molecular complexity index is 656. The Labute approximate surface area is 123 Å². The van der Waals surface area contributed by atoms with Gasteiger partial charge in [0.1, 0.15) is 0 Å². The molecule has 1 N–H and O–H groups in total. The van der Waals surface area contributed by atoms with Gasteiger partial charge in [-0.25, -0.2) is 0 Å². The second-order valence-electron chi connectivity index (χ2n) is 6.80. The number of methoxy groups -OCH3 is 1. The Hall–Kier alpha value is -1.55. The number of hydrogen-bond acceptors (Lipinski definition) is 4. The van der Waals surface area contributed by atoms with Crippen LogP contribution in [-0.2, 0) is 16.6 Å². The molecular formula is C17H19NO3. The third-order valence-corrected chi connectivity index (χ3v) is 6.12. The van der Waals surface area contributed by atoms with Crippen LogP contribution in [0.5, 0.6) is 11.5 Å². The maximum absolute atomic E-state index is 12.5. The van der Waals surface area contributed by atoms with E-state index in [4.69, 9.17) is 9.47 Å². The molecule has 1 spiro atoms. The molecule has 1 saturated heterocycles. The van der Waals surface area contributed by atoms with Crippen LogP contribution in [0, 0.1) is 5.92 Å². The predicted molar refractivity (Wildman–Crippen MR) is 76.9 cm³/mol. The first kappa shape index (κ1) is 12.0. The van der Waals surface area contributed by atoms with Crippen molar-refractivity contribution in [1.29, 1.82) is 0 Å². The number of rotatable bonds is 1. The number of carbonyl (C=O) groups is 1. The minimum absolute atomic E-state index is 0.0945. The molecule has 1 aromatic carbocycles. The summed E-state index contributed by atoms with van der Waals surface area (Å²) in [6, 6.07) is 4.65. The van der Waals surface area contributed by atoms with Crippen LogP contribution in [0.4, 0.5) is 0 Å². The third-order valence-electron chi connectivity index (χ3n) is 6.12. The van der Waals surface area contributed by atoms with Crippen molar-refractivity contribution >= 4 is 5.78 Å². The lowest BCUT2D eigenvalue weighted by Crippen LogP contribution is -2.65. The van der Waals surface area contributed by atoms with Crippen LogP contribution in [-0.4, -0.2) is 31.6 Å². The van der Waals surface area contributed by atoms with E-state index < -0.39 is 0 Å². The van der Waals surface area contributed by atoms with E-state index in [9.17, 15) is 4.79 Å². The average Bonchev–Trinajstić information content (AvgIpc) is 2.83. The van der Waals surface area contributed by atoms with Crippen LogP contribution in [0.25, 0.3) is 0 Å². The monoisotopic (exact) mass is 285 g/mol. The fourth-order valence-electron chi connectivity index (χ4n) is 5.40. The summed E-state index contributed by atoms with van der Waals surface area (Å²) in [4.78, 5) is 12.5. The summed E-state index contributed by atoms with van der Waals surface area (Å²) in [5.74, 6) is 2.43. The first-order valence-corrected chi connectivity index (χ1v) is 7.89. The minimum Gasteiger partial charge on any atom is -0.493 e. The van der Waals surface area contributed by atoms with E-state index in [2.05, 4.69) is 11.4 Å². The molecule has 4 nitrogen and oxygen atoms in total. The number of ether oxygens (including phenoxy) is 2. The summed E-state index contributed by atoms with van der Waals surface area (Å²) in [5.41, 5.74) is 2.54. The van der Waals surface area contributed by atoms with Crippen LogP contribution < -0.4 is 14.8 Å². The van der Waals surface area contributed by atoms with Crippen LogP contribution >= 0.6 is 0 Å². The normalized spacial score (nSPS) is 38.7. The van der Waals surface area contributed by atoms with E-state index in [0.717, 1.165) is 37.3 Å². The molecule has 0 radical (unpaired) electrons. The second-order valence-corrected chi connectivity index (χ2v) is 6.80. The van der Waals surface area contributed by atoms with Crippen LogP contribution in [0.3, 0.4) is 0 Å². The summed E-state index contributed by atoms with van der Waals surface area (Å²) in [6.45, 7) is 0.977. The molecule has 1 saturated carbocycles. The maximum Gasteiger partial charge on any atom is 0.174 e. The lowest BCUT2D eigenvalue weighted by molar-refractivity contribution is -0.135. The quantitative estimate of drug-likeness (QED) is 0.851. The topological polar surface area (TPSA) is 47.6 Å². The van der Waals surface area contributed by atoms with Gasteiger partial charge in [-0.3, -0.25) is 4.79 Å². The number of hydrogen-bond donors (Lipinski definition) is 1. The van der Waals surface area contributed by atoms with Crippen molar-refractivity contribution in [3.05, 3.63) is 23.3 Å². The van der Waals surface area contributed by atoms with E-state index in [-0.39, 0.29) is 17.3 Å². The Morgan fingerprint density at radius 3 is 3.19 bits per heavy atom. The SMILES string of the molecule is COc1ccc2c3c1O[C@H]1C(=O)CCC4C(C2)NCC[C@@]341. The van der Waals surface area contributed by atoms with Crippen molar-refractivity contribution in [3.63, 3.8) is 0 Å². The van der Waals surface area contributed by atoms with Crippen molar-refractivity contribution in [1.82, 2.24) is 5.32 Å². The highest BCUT2D eigenvalue weighted by molar-refractivity contribution is 5.89. The Morgan fingerprint density at radius 2 is 2.33 bits per heavy atom. The lowest BCUT2D eigenvalue weighted by Gasteiger charge is -2.54. The summed E-state index contributed by atoms with van der Waals surface area (Å²) in [6.07, 6.45) is 3.40. The molecule has 2 aliphatic carbocycles. The third kappa shape index (κ3) is 1.24. The summed E-state index contributed by atoms with van der Waals surface area (Å²) in [7, 11) is 1.68. The van der Waals surface area contributed by atoms with E-state index in [1.165, 1.54) is 11.1 Å². The van der Waals surface area contributed by atoms with Crippen molar-refractivity contribution in [2.75, 3.05) is 13.7 Å². The van der Waals surface area contributed by atoms with Crippen LogP contribution in [0.15, 0.2) is 12.1 Å². The van der Waals surface area contributed by atoms with E-state index in [1.807, 2.05) is 6.07 Å². The Kier molecular flexibility index (Phi) is 2.18. The molecular weight excluding hydrogens is 266 g/mol. The molecule has 1 aromatic rings. The van der Waals surface area contributed by atoms with Gasteiger partial charge in [0.25, 0.3) is 0 Å². The first-order valence-electron chi connectivity index (χ1n) is 7.89. The number of piperidine rings is 1. The van der Waals surface area contributed by atoms with Gasteiger partial charge in [-0.05, 0) is 43.4 Å². The smallest absolute Gasteiger partial charge is 0.174 e. The molecule has 4 heteroatoms. The van der Waals surface area contributed by atoms with Gasteiger partial charge < -0.3 is 14.8 Å². The Balaban J connectivity index is 1.83. The lowest BCUT2D eigenvalue weighted by atomic mass is 9.52. The van der Waals surface area contributed by atoms with Gasteiger partial charge in [0.05, 0.1) is 7.11 Å². The Morgan fingerprint density at radius 1 is 1.43 bits per heavy atom. The molecule has 0 amide bonds. The fraction of sp³-hybridized carbons (Fsp3) is 0.588. The molecule has 2 fully saturated rings. The molecule has 2 bridgehead atoms. The number of Topliss-reactive ketones (excluding diaryl/α,β-unsaturated/α-hetero) is 1. The highest BCUT2D eigenvalue weighted by Gasteiger charge is 2.64. The number of benzene rings is 1. The van der Waals surface area contributed by atoms with E-state index in [0.29, 0.717) is 18.4 Å². The minimum atomic E-state index is -0.286. The van der Waals surface area contributed by atoms with E-state index in [1.54, 1.807) is 7.11 Å². The van der Waals surface area contributed by atoms with Gasteiger partial charge in [0.15, 0.2) is 23.4 Å². The largest absolute Gasteiger partial charge is 0.493 e. The first-order chi connectivity index (χ1) is 10.3. The zero-order valence-electron chi connectivity index (χ0n) is 12.1. The molecule has 5 rings (SSSR count). The highest BCUT2D eigenvalue weighted by Crippen LogP contribution is 2.61. The molecule has 2 heterocycles. The maximum atomic E-state index is 12.5. The van der Waals surface area contributed by atoms with Crippen molar-refractivity contribution < 1.29 is 14.3 Å². The molecule has 2 aliphatic heterocycles. The van der Waals surface area contributed by atoms with E-state index >= 15 is 0 Å². The fourth-order valence-corrected chi connectivity index (χ4v) is 5.40. The van der Waals surface area contributed by atoms with Crippen LogP contribution in [0.2, 0.25) is 0 Å². The van der Waals surface area contributed by atoms with Gasteiger partial charge in [0, 0.05) is 23.4 Å². The van der Waals surface area contributed by atoms with Crippen molar-refractivity contribution in [2.45, 2.75) is 43.2 Å². The summed E-state index contributed by atoms with van der Waals surface area (Å²) < 4.78 is 11.7. The zero-order chi connectivity index (χ0) is 14.2. The van der Waals surface area contributed by atoms with Gasteiger partial charge in [-0.15, -0.1) is 0 Å². The van der Waals surface area contributed by atoms with Gasteiger partial charge in [-0.1, -0.05) is 6.07 Å². The molecule has 21 heavy (non-hydrogen) atoms. The molecule has 2 unspecified atom stereocenters. The number of carbonyl (C=O) groups excluding carboxylic acids is 1. The molecule has 4 atom stereocenters.